The molecule has 0 N–H and O–H groups in total. The molecule has 1 aliphatic heterocycles. The van der Waals surface area contributed by atoms with E-state index in [2.05, 4.69) is 10.1 Å². The van der Waals surface area contributed by atoms with Crippen molar-refractivity contribution >= 4 is 5.91 Å². The third-order valence-corrected chi connectivity index (χ3v) is 4.84. The van der Waals surface area contributed by atoms with Crippen molar-refractivity contribution in [1.29, 1.82) is 0 Å². The van der Waals surface area contributed by atoms with Crippen LogP contribution >= 0.6 is 0 Å². The van der Waals surface area contributed by atoms with Gasteiger partial charge in [-0.3, -0.25) is 9.69 Å². The lowest BCUT2D eigenvalue weighted by atomic mass is 10.1. The quantitative estimate of drug-likeness (QED) is 0.818. The molecule has 2 heterocycles. The summed E-state index contributed by atoms with van der Waals surface area (Å²) in [6, 6.07) is 5.94. The summed E-state index contributed by atoms with van der Waals surface area (Å²) in [7, 11) is 2.01. The van der Waals surface area contributed by atoms with Crippen LogP contribution in [0.25, 0.3) is 0 Å². The van der Waals surface area contributed by atoms with Crippen LogP contribution in [0.5, 0.6) is 0 Å². The first kappa shape index (κ1) is 18.5. The van der Waals surface area contributed by atoms with E-state index in [0.29, 0.717) is 31.6 Å². The van der Waals surface area contributed by atoms with Crippen molar-refractivity contribution in [2.45, 2.75) is 45.3 Å². The van der Waals surface area contributed by atoms with Gasteiger partial charge in [0.25, 0.3) is 0 Å². The second kappa shape index (κ2) is 7.95. The molecule has 0 bridgehead atoms. The van der Waals surface area contributed by atoms with E-state index in [1.807, 2.05) is 20.0 Å². The highest BCUT2D eigenvalue weighted by molar-refractivity contribution is 5.76. The summed E-state index contributed by atoms with van der Waals surface area (Å²) in [5, 5.41) is 3.90. The standard InChI is InChI=1S/C19H23F2N3O2/c1-13-9-16(26-22-13)12-23(2)15-4-6-19(25)24(8-7-15)11-14-3-5-17(20)18(21)10-14/h3,5,9-10,15H,4,6-8,11-12H2,1-2H3. The Morgan fingerprint density at radius 1 is 1.27 bits per heavy atom. The van der Waals surface area contributed by atoms with Crippen LogP contribution in [0.4, 0.5) is 8.78 Å². The lowest BCUT2D eigenvalue weighted by Crippen LogP contribution is -2.33. The van der Waals surface area contributed by atoms with E-state index in [0.717, 1.165) is 36.4 Å². The number of carbonyl (C=O) groups is 1. The molecular formula is C19H23F2N3O2. The first-order valence-corrected chi connectivity index (χ1v) is 8.76. The molecule has 1 atom stereocenters. The summed E-state index contributed by atoms with van der Waals surface area (Å²) in [4.78, 5) is 16.3. The van der Waals surface area contributed by atoms with Crippen LogP contribution in [0, 0.1) is 18.6 Å². The van der Waals surface area contributed by atoms with Gasteiger partial charge in [0.15, 0.2) is 17.4 Å². The number of hydrogen-bond acceptors (Lipinski definition) is 4. The molecule has 2 aromatic rings. The van der Waals surface area contributed by atoms with Gasteiger partial charge in [-0.2, -0.15) is 0 Å². The van der Waals surface area contributed by atoms with E-state index in [9.17, 15) is 13.6 Å². The van der Waals surface area contributed by atoms with Crippen LogP contribution in [-0.2, 0) is 17.9 Å². The summed E-state index contributed by atoms with van der Waals surface area (Å²) in [6.45, 7) is 3.41. The first-order chi connectivity index (χ1) is 12.4. The lowest BCUT2D eigenvalue weighted by Gasteiger charge is -2.26. The molecule has 1 aromatic heterocycles. The molecular weight excluding hydrogens is 340 g/mol. The molecule has 1 unspecified atom stereocenters. The van der Waals surface area contributed by atoms with Gasteiger partial charge in [-0.25, -0.2) is 8.78 Å². The monoisotopic (exact) mass is 363 g/mol. The van der Waals surface area contributed by atoms with Crippen molar-refractivity contribution in [3.05, 3.63) is 52.9 Å². The number of carbonyl (C=O) groups excluding carboxylic acids is 1. The summed E-state index contributed by atoms with van der Waals surface area (Å²) < 4.78 is 31.7. The molecule has 0 aliphatic carbocycles. The van der Waals surface area contributed by atoms with Gasteiger partial charge in [-0.1, -0.05) is 11.2 Å². The van der Waals surface area contributed by atoms with E-state index in [-0.39, 0.29) is 11.9 Å². The molecule has 3 rings (SSSR count). The fraction of sp³-hybridized carbons (Fsp3) is 0.474. The minimum atomic E-state index is -0.885. The van der Waals surface area contributed by atoms with Crippen molar-refractivity contribution in [1.82, 2.24) is 15.0 Å². The van der Waals surface area contributed by atoms with Crippen molar-refractivity contribution in [3.8, 4) is 0 Å². The predicted molar refractivity (Wildman–Crippen MR) is 92.1 cm³/mol. The smallest absolute Gasteiger partial charge is 0.222 e. The van der Waals surface area contributed by atoms with E-state index >= 15 is 0 Å². The van der Waals surface area contributed by atoms with Crippen LogP contribution < -0.4 is 0 Å². The van der Waals surface area contributed by atoms with Crippen molar-refractivity contribution in [2.24, 2.45) is 0 Å². The third-order valence-electron chi connectivity index (χ3n) is 4.84. The van der Waals surface area contributed by atoms with Gasteiger partial charge in [-0.15, -0.1) is 0 Å². The highest BCUT2D eigenvalue weighted by atomic mass is 19.2. The Morgan fingerprint density at radius 2 is 2.08 bits per heavy atom. The maximum absolute atomic E-state index is 13.4. The second-order valence-corrected chi connectivity index (χ2v) is 6.89. The molecule has 5 nitrogen and oxygen atoms in total. The van der Waals surface area contributed by atoms with Crippen LogP contribution in [-0.4, -0.2) is 40.5 Å². The number of halogens is 2. The first-order valence-electron chi connectivity index (χ1n) is 8.76. The van der Waals surface area contributed by atoms with Crippen molar-refractivity contribution < 1.29 is 18.1 Å². The van der Waals surface area contributed by atoms with Crippen LogP contribution in [0.1, 0.15) is 36.3 Å². The second-order valence-electron chi connectivity index (χ2n) is 6.89. The Kier molecular flexibility index (Phi) is 5.66. The highest BCUT2D eigenvalue weighted by Crippen LogP contribution is 2.21. The zero-order valence-corrected chi connectivity index (χ0v) is 15.0. The number of aromatic nitrogens is 1. The average Bonchev–Trinajstić information content (AvgIpc) is 2.91. The SMILES string of the molecule is Cc1cc(CN(C)C2CCC(=O)N(Cc3ccc(F)c(F)c3)CC2)on1. The molecule has 26 heavy (non-hydrogen) atoms. The Bertz CT molecular complexity index is 778. The third kappa shape index (κ3) is 4.46. The van der Waals surface area contributed by atoms with Crippen LogP contribution in [0.15, 0.2) is 28.8 Å². The number of aryl methyl sites for hydroxylation is 1. The number of hydrogen-bond donors (Lipinski definition) is 0. The zero-order valence-electron chi connectivity index (χ0n) is 15.0. The van der Waals surface area contributed by atoms with E-state index in [1.54, 1.807) is 4.90 Å². The molecule has 140 valence electrons. The van der Waals surface area contributed by atoms with Gasteiger partial charge < -0.3 is 9.42 Å². The van der Waals surface area contributed by atoms with E-state index in [1.165, 1.54) is 6.07 Å². The van der Waals surface area contributed by atoms with Crippen molar-refractivity contribution in [2.75, 3.05) is 13.6 Å². The Hall–Kier alpha value is -2.28. The average molecular weight is 363 g/mol. The van der Waals surface area contributed by atoms with Gasteiger partial charge in [0.2, 0.25) is 5.91 Å². The molecule has 0 spiro atoms. The maximum Gasteiger partial charge on any atom is 0.222 e. The number of amides is 1. The summed E-state index contributed by atoms with van der Waals surface area (Å²) >= 11 is 0. The fourth-order valence-electron chi connectivity index (χ4n) is 3.35. The Morgan fingerprint density at radius 3 is 2.77 bits per heavy atom. The highest BCUT2D eigenvalue weighted by Gasteiger charge is 2.25. The molecule has 1 saturated heterocycles. The number of rotatable bonds is 5. The number of nitrogens with zero attached hydrogens (tertiary/aromatic N) is 3. The minimum Gasteiger partial charge on any atom is -0.360 e. The van der Waals surface area contributed by atoms with E-state index in [4.69, 9.17) is 4.52 Å². The van der Waals surface area contributed by atoms with Gasteiger partial charge in [0.05, 0.1) is 12.2 Å². The van der Waals surface area contributed by atoms with E-state index < -0.39 is 11.6 Å². The van der Waals surface area contributed by atoms with Gasteiger partial charge >= 0.3 is 0 Å². The van der Waals surface area contributed by atoms with Crippen molar-refractivity contribution in [3.63, 3.8) is 0 Å². The Labute approximate surface area is 151 Å². The van der Waals surface area contributed by atoms with Crippen LogP contribution in [0.2, 0.25) is 0 Å². The summed E-state index contributed by atoms with van der Waals surface area (Å²) in [6.07, 6.45) is 2.02. The van der Waals surface area contributed by atoms with Gasteiger partial charge in [-0.05, 0) is 44.5 Å². The predicted octanol–water partition coefficient (Wildman–Crippen LogP) is 3.27. The van der Waals surface area contributed by atoms with Crippen LogP contribution in [0.3, 0.4) is 0 Å². The molecule has 7 heteroatoms. The Balaban J connectivity index is 1.60. The molecule has 1 aromatic carbocycles. The molecule has 1 fully saturated rings. The summed E-state index contributed by atoms with van der Waals surface area (Å²) in [5.74, 6) is -0.912. The molecule has 1 aliphatic rings. The normalized spacial score (nSPS) is 18.4. The maximum atomic E-state index is 13.4. The zero-order chi connectivity index (χ0) is 18.7. The molecule has 0 saturated carbocycles. The number of benzene rings is 1. The molecule has 0 radical (unpaired) electrons. The van der Waals surface area contributed by atoms with Gasteiger partial charge in [0.1, 0.15) is 0 Å². The minimum absolute atomic E-state index is 0.0427. The molecule has 1 amide bonds. The topological polar surface area (TPSA) is 49.6 Å². The lowest BCUT2D eigenvalue weighted by molar-refractivity contribution is -0.131. The number of likely N-dealkylation sites (tertiary alicyclic amines) is 1. The summed E-state index contributed by atoms with van der Waals surface area (Å²) in [5.41, 5.74) is 1.45. The fourth-order valence-corrected chi connectivity index (χ4v) is 3.35. The van der Waals surface area contributed by atoms with Gasteiger partial charge in [0, 0.05) is 31.6 Å². The largest absolute Gasteiger partial charge is 0.360 e.